The Bertz CT molecular complexity index is 203. The Morgan fingerprint density at radius 1 is 1.07 bits per heavy atom. The lowest BCUT2D eigenvalue weighted by Crippen LogP contribution is -2.55. The van der Waals surface area contributed by atoms with Gasteiger partial charge in [-0.2, -0.15) is 0 Å². The third kappa shape index (κ3) is 1.17. The molecule has 4 aliphatic carbocycles. The van der Waals surface area contributed by atoms with Crippen LogP contribution in [0.5, 0.6) is 0 Å². The van der Waals surface area contributed by atoms with E-state index in [0.29, 0.717) is 5.41 Å². The van der Waals surface area contributed by atoms with Gasteiger partial charge < -0.3 is 10.8 Å². The Labute approximate surface area is 85.9 Å². The van der Waals surface area contributed by atoms with Crippen molar-refractivity contribution in [1.82, 2.24) is 0 Å². The minimum absolute atomic E-state index is 0.0518. The van der Waals surface area contributed by atoms with E-state index in [-0.39, 0.29) is 12.6 Å². The van der Waals surface area contributed by atoms with Gasteiger partial charge >= 0.3 is 0 Å². The fraction of sp³-hybridized carbons (Fsp3) is 1.00. The van der Waals surface area contributed by atoms with Crippen LogP contribution in [0.1, 0.15) is 38.5 Å². The smallest absolute Gasteiger partial charge is 0.0587 e. The second kappa shape index (κ2) is 2.96. The predicted octanol–water partition coefficient (Wildman–Crippen LogP) is 1.52. The van der Waals surface area contributed by atoms with Crippen LogP contribution >= 0.6 is 0 Å². The van der Waals surface area contributed by atoms with E-state index in [9.17, 15) is 5.11 Å². The molecule has 1 atom stereocenters. The first kappa shape index (κ1) is 9.17. The minimum atomic E-state index is 0.0518. The van der Waals surface area contributed by atoms with Crippen LogP contribution in [0.2, 0.25) is 0 Å². The SMILES string of the molecule is N[C@H](CO)C12CC3CC(CC(C3)C1)C2. The fourth-order valence-electron chi connectivity index (χ4n) is 4.83. The molecule has 3 N–H and O–H groups in total. The second-order valence-electron chi connectivity index (χ2n) is 6.07. The molecule has 14 heavy (non-hydrogen) atoms. The van der Waals surface area contributed by atoms with Crippen LogP contribution < -0.4 is 5.73 Å². The van der Waals surface area contributed by atoms with Crippen LogP contribution in [0.25, 0.3) is 0 Å². The number of rotatable bonds is 2. The van der Waals surface area contributed by atoms with Crippen LogP contribution in [-0.4, -0.2) is 17.8 Å². The lowest BCUT2D eigenvalue weighted by Gasteiger charge is -2.58. The van der Waals surface area contributed by atoms with E-state index < -0.39 is 0 Å². The summed E-state index contributed by atoms with van der Waals surface area (Å²) >= 11 is 0. The Hall–Kier alpha value is -0.0800. The zero-order valence-corrected chi connectivity index (χ0v) is 8.78. The van der Waals surface area contributed by atoms with Crippen LogP contribution in [0.15, 0.2) is 0 Å². The first-order valence-electron chi connectivity index (χ1n) is 6.08. The molecule has 0 saturated heterocycles. The van der Waals surface area contributed by atoms with Crippen LogP contribution in [0.4, 0.5) is 0 Å². The quantitative estimate of drug-likeness (QED) is 0.702. The second-order valence-corrected chi connectivity index (χ2v) is 6.07. The van der Waals surface area contributed by atoms with Crippen molar-refractivity contribution in [1.29, 1.82) is 0 Å². The molecule has 0 heterocycles. The molecule has 2 nitrogen and oxygen atoms in total. The highest BCUT2D eigenvalue weighted by Gasteiger charge is 2.53. The summed E-state index contributed by atoms with van der Waals surface area (Å²) in [5.74, 6) is 2.83. The Morgan fingerprint density at radius 2 is 1.50 bits per heavy atom. The third-order valence-corrected chi connectivity index (χ3v) is 5.07. The molecule has 0 amide bonds. The maximum atomic E-state index is 9.27. The summed E-state index contributed by atoms with van der Waals surface area (Å²) in [6.45, 7) is 0.187. The van der Waals surface area contributed by atoms with Crippen molar-refractivity contribution in [2.45, 2.75) is 44.6 Å². The van der Waals surface area contributed by atoms with Crippen molar-refractivity contribution >= 4 is 0 Å². The third-order valence-electron chi connectivity index (χ3n) is 5.07. The molecule has 4 bridgehead atoms. The molecule has 4 rings (SSSR count). The fourth-order valence-corrected chi connectivity index (χ4v) is 4.83. The first-order valence-corrected chi connectivity index (χ1v) is 6.08. The van der Waals surface area contributed by atoms with Crippen molar-refractivity contribution < 1.29 is 5.11 Å². The Balaban J connectivity index is 1.87. The molecule has 0 radical (unpaired) electrons. The number of hydrogen-bond donors (Lipinski definition) is 2. The molecule has 2 heteroatoms. The van der Waals surface area contributed by atoms with Gasteiger partial charge in [-0.05, 0) is 61.7 Å². The summed E-state index contributed by atoms with van der Waals surface area (Å²) in [7, 11) is 0. The van der Waals surface area contributed by atoms with Gasteiger partial charge in [-0.25, -0.2) is 0 Å². The maximum Gasteiger partial charge on any atom is 0.0587 e. The number of hydrogen-bond acceptors (Lipinski definition) is 2. The summed E-state index contributed by atoms with van der Waals surface area (Å²) in [6.07, 6.45) is 8.29. The van der Waals surface area contributed by atoms with E-state index in [4.69, 9.17) is 5.73 Å². The standard InChI is InChI=1S/C12H21NO/c13-11(7-14)12-4-8-1-9(5-12)3-10(2-8)6-12/h8-11,14H,1-7,13H2/t8?,9?,10?,11-,12?/m1/s1. The van der Waals surface area contributed by atoms with Crippen molar-refractivity contribution in [2.75, 3.05) is 6.61 Å². The van der Waals surface area contributed by atoms with Gasteiger partial charge in [-0.3, -0.25) is 0 Å². The minimum Gasteiger partial charge on any atom is -0.395 e. The topological polar surface area (TPSA) is 46.2 Å². The molecule has 0 aromatic carbocycles. The highest BCUT2D eigenvalue weighted by molar-refractivity contribution is 5.05. The summed E-state index contributed by atoms with van der Waals surface area (Å²) in [5, 5.41) is 9.27. The van der Waals surface area contributed by atoms with Gasteiger partial charge in [0.15, 0.2) is 0 Å². The monoisotopic (exact) mass is 195 g/mol. The van der Waals surface area contributed by atoms with Gasteiger partial charge in [0.2, 0.25) is 0 Å². The van der Waals surface area contributed by atoms with Gasteiger partial charge in [0.25, 0.3) is 0 Å². The predicted molar refractivity (Wildman–Crippen MR) is 55.7 cm³/mol. The average Bonchev–Trinajstić information content (AvgIpc) is 2.14. The van der Waals surface area contributed by atoms with E-state index in [2.05, 4.69) is 0 Å². The molecule has 0 spiro atoms. The molecular weight excluding hydrogens is 174 g/mol. The van der Waals surface area contributed by atoms with Crippen LogP contribution in [0, 0.1) is 23.2 Å². The maximum absolute atomic E-state index is 9.27. The molecule has 80 valence electrons. The van der Waals surface area contributed by atoms with Crippen molar-refractivity contribution in [3.05, 3.63) is 0 Å². The van der Waals surface area contributed by atoms with E-state index in [1.54, 1.807) is 0 Å². The summed E-state index contributed by atoms with van der Waals surface area (Å²) in [5.41, 5.74) is 6.46. The van der Waals surface area contributed by atoms with E-state index in [0.717, 1.165) is 17.8 Å². The first-order chi connectivity index (χ1) is 6.72. The molecule has 0 aromatic heterocycles. The number of aliphatic hydroxyl groups excluding tert-OH is 1. The van der Waals surface area contributed by atoms with Crippen LogP contribution in [-0.2, 0) is 0 Å². The normalized spacial score (nSPS) is 52.3. The number of aliphatic hydroxyl groups is 1. The highest BCUT2D eigenvalue weighted by Crippen LogP contribution is 2.60. The van der Waals surface area contributed by atoms with Gasteiger partial charge in [0.05, 0.1) is 6.61 Å². The molecule has 0 aliphatic heterocycles. The highest BCUT2D eigenvalue weighted by atomic mass is 16.3. The zero-order chi connectivity index (χ0) is 9.76. The van der Waals surface area contributed by atoms with Gasteiger partial charge in [0.1, 0.15) is 0 Å². The lowest BCUT2D eigenvalue weighted by molar-refractivity contribution is -0.0747. The Morgan fingerprint density at radius 3 is 1.86 bits per heavy atom. The van der Waals surface area contributed by atoms with E-state index in [1.807, 2.05) is 0 Å². The number of nitrogens with two attached hydrogens (primary N) is 1. The Kier molecular flexibility index (Phi) is 1.94. The van der Waals surface area contributed by atoms with E-state index in [1.165, 1.54) is 38.5 Å². The zero-order valence-electron chi connectivity index (χ0n) is 8.78. The van der Waals surface area contributed by atoms with E-state index >= 15 is 0 Å². The summed E-state index contributed by atoms with van der Waals surface area (Å²) in [4.78, 5) is 0. The van der Waals surface area contributed by atoms with Gasteiger partial charge in [-0.1, -0.05) is 0 Å². The molecule has 0 aromatic rings. The van der Waals surface area contributed by atoms with Gasteiger partial charge in [-0.15, -0.1) is 0 Å². The molecule has 4 aliphatic rings. The molecule has 4 fully saturated rings. The summed E-state index contributed by atoms with van der Waals surface area (Å²) in [6, 6.07) is 0.0518. The summed E-state index contributed by atoms with van der Waals surface area (Å²) < 4.78 is 0. The largest absolute Gasteiger partial charge is 0.395 e. The lowest BCUT2D eigenvalue weighted by atomic mass is 9.48. The average molecular weight is 195 g/mol. The molecule has 4 saturated carbocycles. The van der Waals surface area contributed by atoms with Crippen molar-refractivity contribution in [3.8, 4) is 0 Å². The molecule has 0 unspecified atom stereocenters. The van der Waals surface area contributed by atoms with Crippen LogP contribution in [0.3, 0.4) is 0 Å². The van der Waals surface area contributed by atoms with Crippen molar-refractivity contribution in [3.63, 3.8) is 0 Å². The van der Waals surface area contributed by atoms with Crippen molar-refractivity contribution in [2.24, 2.45) is 28.9 Å². The molecular formula is C12H21NO. The van der Waals surface area contributed by atoms with Gasteiger partial charge in [0, 0.05) is 6.04 Å².